The van der Waals surface area contributed by atoms with Gasteiger partial charge in [0.15, 0.2) is 5.78 Å². The predicted molar refractivity (Wildman–Crippen MR) is 112 cm³/mol. The number of ketones is 1. The summed E-state index contributed by atoms with van der Waals surface area (Å²) in [6.07, 6.45) is 0. The average molecular weight is 419 g/mol. The maximum absolute atomic E-state index is 13.6. The number of esters is 1. The molecule has 1 aromatic heterocycles. The van der Waals surface area contributed by atoms with Crippen LogP contribution in [0.25, 0.3) is 0 Å². The van der Waals surface area contributed by atoms with E-state index in [2.05, 4.69) is 20.8 Å². The number of methoxy groups -OCH3 is 1. The van der Waals surface area contributed by atoms with Crippen molar-refractivity contribution in [3.8, 4) is 5.75 Å². The molecule has 3 aromatic rings. The monoisotopic (exact) mass is 419 g/mol. The number of nitrogens with one attached hydrogen (secondary N) is 1. The molecule has 0 amide bonds. The normalized spacial score (nSPS) is 15.1. The van der Waals surface area contributed by atoms with Crippen molar-refractivity contribution in [2.24, 2.45) is 0 Å². The number of nitrogens with zero attached hydrogens (tertiary/aromatic N) is 4. The minimum absolute atomic E-state index is 0.00857. The van der Waals surface area contributed by atoms with Crippen LogP contribution in [0, 0.1) is 6.92 Å². The lowest BCUT2D eigenvalue weighted by Gasteiger charge is -2.28. The molecule has 0 unspecified atom stereocenters. The van der Waals surface area contributed by atoms with Crippen molar-refractivity contribution in [1.82, 2.24) is 20.2 Å². The number of Topliss-reactive ketones (excluding diaryl/α,β-unsaturated/α-hetero) is 1. The van der Waals surface area contributed by atoms with Gasteiger partial charge in [-0.3, -0.25) is 4.79 Å². The zero-order valence-corrected chi connectivity index (χ0v) is 17.3. The molecular weight excluding hydrogens is 398 g/mol. The zero-order chi connectivity index (χ0) is 22.0. The van der Waals surface area contributed by atoms with Gasteiger partial charge in [0.2, 0.25) is 5.95 Å². The first kappa shape index (κ1) is 20.3. The van der Waals surface area contributed by atoms with E-state index in [0.29, 0.717) is 17.9 Å². The highest BCUT2D eigenvalue weighted by Gasteiger charge is 2.38. The maximum atomic E-state index is 13.6. The smallest absolute Gasteiger partial charge is 0.355 e. The Bertz CT molecular complexity index is 1150. The number of carbonyl (C=O) groups excluding carboxylic acids is 2. The molecule has 0 fully saturated rings. The van der Waals surface area contributed by atoms with Gasteiger partial charge in [-0.15, -0.1) is 0 Å². The Hall–Kier alpha value is -4.01. The lowest BCUT2D eigenvalue weighted by molar-refractivity contribution is -0.136. The van der Waals surface area contributed by atoms with Crippen molar-refractivity contribution in [2.75, 3.05) is 19.0 Å². The average Bonchev–Trinajstić information content (AvgIpc) is 3.26. The number of rotatable bonds is 6. The molecule has 1 aliphatic heterocycles. The Balaban J connectivity index is 1.89. The summed E-state index contributed by atoms with van der Waals surface area (Å²) in [5.74, 6) is -0.0750. The summed E-state index contributed by atoms with van der Waals surface area (Å²) in [5, 5.41) is 14.6. The van der Waals surface area contributed by atoms with E-state index in [1.54, 1.807) is 24.3 Å². The van der Waals surface area contributed by atoms with Crippen LogP contribution in [0.15, 0.2) is 59.8 Å². The Morgan fingerprint density at radius 2 is 1.81 bits per heavy atom. The largest absolute Gasteiger partial charge is 0.494 e. The van der Waals surface area contributed by atoms with Crippen molar-refractivity contribution < 1.29 is 19.1 Å². The SMILES string of the molecule is CCOc1ccc([C@H]2C(C(=O)c3ccc(C)cc3)=C(C(=O)OC)Nc3nnnn32)cc1. The van der Waals surface area contributed by atoms with Gasteiger partial charge in [-0.05, 0) is 42.0 Å². The molecule has 1 N–H and O–H groups in total. The van der Waals surface area contributed by atoms with Gasteiger partial charge < -0.3 is 14.8 Å². The minimum Gasteiger partial charge on any atom is -0.494 e. The van der Waals surface area contributed by atoms with E-state index >= 15 is 0 Å². The lowest BCUT2D eigenvalue weighted by atomic mass is 9.89. The number of fused-ring (bicyclic) bond motifs is 1. The number of aromatic nitrogens is 4. The molecule has 9 heteroatoms. The summed E-state index contributed by atoms with van der Waals surface area (Å²) in [6, 6.07) is 13.7. The Kier molecular flexibility index (Phi) is 5.48. The van der Waals surface area contributed by atoms with Crippen LogP contribution in [-0.2, 0) is 9.53 Å². The van der Waals surface area contributed by atoms with Crippen LogP contribution >= 0.6 is 0 Å². The zero-order valence-electron chi connectivity index (χ0n) is 17.3. The van der Waals surface area contributed by atoms with Crippen molar-refractivity contribution in [3.05, 3.63) is 76.5 Å². The maximum Gasteiger partial charge on any atom is 0.355 e. The highest BCUT2D eigenvalue weighted by Crippen LogP contribution is 2.37. The summed E-state index contributed by atoms with van der Waals surface area (Å²) in [7, 11) is 1.26. The summed E-state index contributed by atoms with van der Waals surface area (Å²) in [6.45, 7) is 4.37. The predicted octanol–water partition coefficient (Wildman–Crippen LogP) is 2.71. The fourth-order valence-corrected chi connectivity index (χ4v) is 3.47. The first-order valence-corrected chi connectivity index (χ1v) is 9.75. The van der Waals surface area contributed by atoms with Crippen LogP contribution in [0.2, 0.25) is 0 Å². The van der Waals surface area contributed by atoms with Gasteiger partial charge >= 0.3 is 5.97 Å². The standard InChI is InChI=1S/C22H21N5O4/c1-4-31-16-11-9-14(10-12-16)19-17(20(28)15-7-5-13(2)6-8-15)18(21(29)30-3)23-22-24-25-26-27(19)22/h5-12,19H,4H2,1-3H3,(H,23,24,26)/t19-/m0/s1. The molecule has 0 saturated carbocycles. The summed E-state index contributed by atoms with van der Waals surface area (Å²) in [4.78, 5) is 26.2. The molecule has 4 rings (SSSR count). The third-order valence-corrected chi connectivity index (χ3v) is 4.97. The van der Waals surface area contributed by atoms with Crippen LogP contribution in [0.3, 0.4) is 0 Å². The van der Waals surface area contributed by atoms with Gasteiger partial charge in [0, 0.05) is 5.56 Å². The molecule has 0 radical (unpaired) electrons. The number of anilines is 1. The van der Waals surface area contributed by atoms with Crippen LogP contribution < -0.4 is 10.1 Å². The number of aryl methyl sites for hydroxylation is 1. The highest BCUT2D eigenvalue weighted by atomic mass is 16.5. The third kappa shape index (κ3) is 3.77. The van der Waals surface area contributed by atoms with Gasteiger partial charge in [0.1, 0.15) is 17.5 Å². The summed E-state index contributed by atoms with van der Waals surface area (Å²) < 4.78 is 11.9. The molecule has 1 atom stereocenters. The van der Waals surface area contributed by atoms with Gasteiger partial charge in [0.05, 0.1) is 19.3 Å². The molecule has 2 heterocycles. The molecule has 9 nitrogen and oxygen atoms in total. The lowest BCUT2D eigenvalue weighted by Crippen LogP contribution is -2.32. The van der Waals surface area contributed by atoms with Crippen LogP contribution in [0.5, 0.6) is 5.75 Å². The molecule has 0 aliphatic carbocycles. The molecular formula is C22H21N5O4. The number of allylic oxidation sites excluding steroid dienone is 1. The molecule has 158 valence electrons. The van der Waals surface area contributed by atoms with Crippen molar-refractivity contribution in [3.63, 3.8) is 0 Å². The fourth-order valence-electron chi connectivity index (χ4n) is 3.47. The third-order valence-electron chi connectivity index (χ3n) is 4.97. The van der Waals surface area contributed by atoms with Crippen LogP contribution in [0.1, 0.15) is 34.5 Å². The van der Waals surface area contributed by atoms with Crippen LogP contribution in [-0.4, -0.2) is 45.7 Å². The first-order chi connectivity index (χ1) is 15.0. The second kappa shape index (κ2) is 8.39. The second-order valence-electron chi connectivity index (χ2n) is 6.95. The second-order valence-corrected chi connectivity index (χ2v) is 6.95. The Labute approximate surface area is 178 Å². The molecule has 0 bridgehead atoms. The first-order valence-electron chi connectivity index (χ1n) is 9.75. The van der Waals surface area contributed by atoms with E-state index < -0.39 is 12.0 Å². The quantitative estimate of drug-likeness (QED) is 0.480. The number of ether oxygens (including phenoxy) is 2. The Morgan fingerprint density at radius 3 is 2.45 bits per heavy atom. The molecule has 31 heavy (non-hydrogen) atoms. The number of hydrogen-bond donors (Lipinski definition) is 1. The van der Waals surface area contributed by atoms with E-state index in [1.807, 2.05) is 38.1 Å². The van der Waals surface area contributed by atoms with Gasteiger partial charge in [-0.25, -0.2) is 4.79 Å². The van der Waals surface area contributed by atoms with Gasteiger partial charge in [0.25, 0.3) is 0 Å². The van der Waals surface area contributed by atoms with E-state index in [-0.39, 0.29) is 23.0 Å². The van der Waals surface area contributed by atoms with Crippen molar-refractivity contribution >= 4 is 17.7 Å². The molecule has 1 aliphatic rings. The highest BCUT2D eigenvalue weighted by molar-refractivity contribution is 6.14. The topological polar surface area (TPSA) is 108 Å². The summed E-state index contributed by atoms with van der Waals surface area (Å²) in [5.41, 5.74) is 2.38. The fraction of sp³-hybridized carbons (Fsp3) is 0.227. The van der Waals surface area contributed by atoms with Crippen molar-refractivity contribution in [2.45, 2.75) is 19.9 Å². The number of carbonyl (C=O) groups is 2. The van der Waals surface area contributed by atoms with E-state index in [4.69, 9.17) is 9.47 Å². The number of benzene rings is 2. The molecule has 0 spiro atoms. The van der Waals surface area contributed by atoms with E-state index in [1.165, 1.54) is 11.8 Å². The summed E-state index contributed by atoms with van der Waals surface area (Å²) >= 11 is 0. The van der Waals surface area contributed by atoms with Gasteiger partial charge in [-0.2, -0.15) is 4.68 Å². The molecule has 0 saturated heterocycles. The van der Waals surface area contributed by atoms with E-state index in [9.17, 15) is 9.59 Å². The number of hydrogen-bond acceptors (Lipinski definition) is 8. The van der Waals surface area contributed by atoms with Crippen molar-refractivity contribution in [1.29, 1.82) is 0 Å². The minimum atomic E-state index is -0.732. The van der Waals surface area contributed by atoms with Gasteiger partial charge in [-0.1, -0.05) is 47.1 Å². The number of tetrazole rings is 1. The molecule has 2 aromatic carbocycles. The van der Waals surface area contributed by atoms with Crippen LogP contribution in [0.4, 0.5) is 5.95 Å². The Morgan fingerprint density at radius 1 is 1.10 bits per heavy atom. The van der Waals surface area contributed by atoms with E-state index in [0.717, 1.165) is 11.1 Å².